The molecule has 1 N–H and O–H groups in total. The number of furan rings is 1. The number of amides is 1. The molecule has 0 fully saturated rings. The van der Waals surface area contributed by atoms with E-state index in [-0.39, 0.29) is 28.1 Å². The second-order valence-electron chi connectivity index (χ2n) is 6.12. The smallest absolute Gasteiger partial charge is 0.265 e. The van der Waals surface area contributed by atoms with Crippen LogP contribution in [0.1, 0.15) is 43.3 Å². The van der Waals surface area contributed by atoms with Crippen LogP contribution in [-0.4, -0.2) is 35.2 Å². The molecule has 1 amide bonds. The van der Waals surface area contributed by atoms with E-state index in [1.165, 1.54) is 10.9 Å². The Hall–Kier alpha value is -2.15. The molecular weight excluding hydrogens is 310 g/mol. The van der Waals surface area contributed by atoms with E-state index < -0.39 is 0 Å². The number of hydrogen-bond donors (Lipinski definition) is 1. The summed E-state index contributed by atoms with van der Waals surface area (Å²) >= 11 is 0. The highest BCUT2D eigenvalue weighted by atomic mass is 16.5. The summed E-state index contributed by atoms with van der Waals surface area (Å²) in [5.74, 6) is 0.383. The lowest BCUT2D eigenvalue weighted by atomic mass is 10.1. The Morgan fingerprint density at radius 2 is 2.21 bits per heavy atom. The van der Waals surface area contributed by atoms with Crippen LogP contribution >= 0.6 is 0 Å². The van der Waals surface area contributed by atoms with E-state index in [1.54, 1.807) is 6.92 Å². The summed E-state index contributed by atoms with van der Waals surface area (Å²) in [4.78, 5) is 29.3. The van der Waals surface area contributed by atoms with E-state index in [4.69, 9.17) is 9.15 Å². The van der Waals surface area contributed by atoms with Gasteiger partial charge in [-0.25, -0.2) is 4.98 Å². The summed E-state index contributed by atoms with van der Waals surface area (Å²) in [6.45, 7) is 9.89. The van der Waals surface area contributed by atoms with Crippen LogP contribution in [0.25, 0.3) is 11.1 Å². The molecule has 7 nitrogen and oxygen atoms in total. The predicted molar refractivity (Wildman–Crippen MR) is 91.3 cm³/mol. The van der Waals surface area contributed by atoms with Gasteiger partial charge in [0.25, 0.3) is 11.5 Å². The van der Waals surface area contributed by atoms with Gasteiger partial charge in [0, 0.05) is 26.3 Å². The molecule has 0 saturated heterocycles. The van der Waals surface area contributed by atoms with Crippen molar-refractivity contribution in [2.75, 3.05) is 19.8 Å². The number of nitrogens with one attached hydrogen (secondary N) is 1. The van der Waals surface area contributed by atoms with Gasteiger partial charge in [0.1, 0.15) is 17.5 Å². The third-order valence-electron chi connectivity index (χ3n) is 3.60. The van der Waals surface area contributed by atoms with Gasteiger partial charge in [0.2, 0.25) is 5.71 Å². The summed E-state index contributed by atoms with van der Waals surface area (Å²) in [5, 5.41) is 3.06. The van der Waals surface area contributed by atoms with E-state index in [9.17, 15) is 9.59 Å². The number of carbonyl (C=O) groups is 1. The van der Waals surface area contributed by atoms with Gasteiger partial charge in [-0.3, -0.25) is 14.2 Å². The van der Waals surface area contributed by atoms with Crippen molar-refractivity contribution in [1.82, 2.24) is 14.9 Å². The minimum atomic E-state index is -0.316. The summed E-state index contributed by atoms with van der Waals surface area (Å²) < 4.78 is 12.3. The number of rotatable bonds is 8. The number of aromatic nitrogens is 2. The number of ether oxygens (including phenoxy) is 1. The SMILES string of the molecule is CCOCCCNC(=O)c1c(C)oc2ncn(CC(C)C)c(=O)c12. The number of hydrogen-bond acceptors (Lipinski definition) is 5. The molecule has 0 aromatic carbocycles. The zero-order chi connectivity index (χ0) is 17.7. The van der Waals surface area contributed by atoms with Crippen molar-refractivity contribution in [2.45, 2.75) is 40.7 Å². The fourth-order valence-corrected chi connectivity index (χ4v) is 2.54. The number of nitrogens with zero attached hydrogens (tertiary/aromatic N) is 2. The van der Waals surface area contributed by atoms with Gasteiger partial charge in [-0.15, -0.1) is 0 Å². The van der Waals surface area contributed by atoms with Crippen molar-refractivity contribution in [3.8, 4) is 0 Å². The van der Waals surface area contributed by atoms with Gasteiger partial charge in [-0.1, -0.05) is 13.8 Å². The maximum atomic E-state index is 12.7. The molecule has 2 aromatic rings. The lowest BCUT2D eigenvalue weighted by Crippen LogP contribution is -2.28. The summed E-state index contributed by atoms with van der Waals surface area (Å²) in [6.07, 6.45) is 2.18. The molecule has 0 unspecified atom stereocenters. The number of aryl methyl sites for hydroxylation is 1. The Morgan fingerprint density at radius 1 is 1.46 bits per heavy atom. The molecule has 132 valence electrons. The first kappa shape index (κ1) is 18.2. The zero-order valence-corrected chi connectivity index (χ0v) is 14.7. The van der Waals surface area contributed by atoms with E-state index in [1.807, 2.05) is 20.8 Å². The Bertz CT molecular complexity index is 761. The highest BCUT2D eigenvalue weighted by Gasteiger charge is 2.22. The van der Waals surface area contributed by atoms with E-state index >= 15 is 0 Å². The largest absolute Gasteiger partial charge is 0.442 e. The third kappa shape index (κ3) is 4.03. The van der Waals surface area contributed by atoms with Crippen molar-refractivity contribution >= 4 is 17.0 Å². The molecular formula is C17H25N3O4. The highest BCUT2D eigenvalue weighted by molar-refractivity contribution is 6.06. The van der Waals surface area contributed by atoms with Crippen LogP contribution in [0.3, 0.4) is 0 Å². The van der Waals surface area contributed by atoms with Crippen LogP contribution in [0.15, 0.2) is 15.5 Å². The van der Waals surface area contributed by atoms with Gasteiger partial charge >= 0.3 is 0 Å². The van der Waals surface area contributed by atoms with Crippen molar-refractivity contribution in [2.24, 2.45) is 5.92 Å². The summed E-state index contributed by atoms with van der Waals surface area (Å²) in [5.41, 5.74) is 0.235. The Labute approximate surface area is 141 Å². The summed E-state index contributed by atoms with van der Waals surface area (Å²) in [7, 11) is 0. The molecule has 0 aliphatic heterocycles. The molecule has 2 heterocycles. The molecule has 0 aliphatic carbocycles. The predicted octanol–water partition coefficient (Wildman–Crippen LogP) is 2.11. The minimum absolute atomic E-state index is 0.206. The molecule has 0 atom stereocenters. The molecule has 0 aliphatic rings. The second kappa shape index (κ2) is 8.10. The molecule has 0 spiro atoms. The van der Waals surface area contributed by atoms with Gasteiger partial charge in [0.05, 0.1) is 5.56 Å². The molecule has 0 saturated carbocycles. The fourth-order valence-electron chi connectivity index (χ4n) is 2.54. The van der Waals surface area contributed by atoms with Crippen molar-refractivity contribution in [3.63, 3.8) is 0 Å². The lowest BCUT2D eigenvalue weighted by Gasteiger charge is -2.08. The number of carbonyl (C=O) groups excluding carboxylic acids is 1. The van der Waals surface area contributed by atoms with E-state index in [0.717, 1.165) is 0 Å². The van der Waals surface area contributed by atoms with Crippen LogP contribution in [0, 0.1) is 12.8 Å². The minimum Gasteiger partial charge on any atom is -0.442 e. The van der Waals surface area contributed by atoms with Gasteiger partial charge < -0.3 is 14.5 Å². The van der Waals surface area contributed by atoms with Crippen molar-refractivity contribution in [1.29, 1.82) is 0 Å². The topological polar surface area (TPSA) is 86.4 Å². The number of fused-ring (bicyclic) bond motifs is 1. The molecule has 0 bridgehead atoms. The first-order valence-corrected chi connectivity index (χ1v) is 8.30. The van der Waals surface area contributed by atoms with Crippen LogP contribution in [0.4, 0.5) is 0 Å². The fraction of sp³-hybridized carbons (Fsp3) is 0.588. The van der Waals surface area contributed by atoms with Crippen LogP contribution in [0.2, 0.25) is 0 Å². The van der Waals surface area contributed by atoms with Gasteiger partial charge in [-0.05, 0) is 26.2 Å². The van der Waals surface area contributed by atoms with Crippen molar-refractivity contribution < 1.29 is 13.9 Å². The average molecular weight is 335 g/mol. The normalized spacial score (nSPS) is 11.4. The van der Waals surface area contributed by atoms with Gasteiger partial charge in [-0.2, -0.15) is 0 Å². The van der Waals surface area contributed by atoms with E-state index in [2.05, 4.69) is 10.3 Å². The standard InChI is InChI=1S/C17H25N3O4/c1-5-23-8-6-7-18-15(21)13-12(4)24-16-14(13)17(22)20(10-19-16)9-11(2)3/h10-11H,5-9H2,1-4H3,(H,18,21). The van der Waals surface area contributed by atoms with Crippen LogP contribution < -0.4 is 10.9 Å². The second-order valence-corrected chi connectivity index (χ2v) is 6.12. The third-order valence-corrected chi connectivity index (χ3v) is 3.60. The van der Waals surface area contributed by atoms with E-state index in [0.29, 0.717) is 44.4 Å². The average Bonchev–Trinajstić information content (AvgIpc) is 2.86. The van der Waals surface area contributed by atoms with Crippen LogP contribution in [-0.2, 0) is 11.3 Å². The lowest BCUT2D eigenvalue weighted by molar-refractivity contribution is 0.0944. The maximum absolute atomic E-state index is 12.7. The quantitative estimate of drug-likeness (QED) is 0.747. The molecule has 24 heavy (non-hydrogen) atoms. The Morgan fingerprint density at radius 3 is 2.88 bits per heavy atom. The first-order valence-electron chi connectivity index (χ1n) is 8.30. The molecule has 7 heteroatoms. The Kier molecular flexibility index (Phi) is 6.14. The highest BCUT2D eigenvalue weighted by Crippen LogP contribution is 2.20. The van der Waals surface area contributed by atoms with Gasteiger partial charge in [0.15, 0.2) is 0 Å². The molecule has 2 rings (SSSR count). The van der Waals surface area contributed by atoms with Crippen molar-refractivity contribution in [3.05, 3.63) is 28.0 Å². The molecule has 2 aromatic heterocycles. The molecule has 0 radical (unpaired) electrons. The Balaban J connectivity index is 2.27. The summed E-state index contributed by atoms with van der Waals surface area (Å²) in [6, 6.07) is 0. The maximum Gasteiger partial charge on any atom is 0.265 e. The zero-order valence-electron chi connectivity index (χ0n) is 14.7. The monoisotopic (exact) mass is 335 g/mol. The van der Waals surface area contributed by atoms with Crippen LogP contribution in [0.5, 0.6) is 0 Å². The first-order chi connectivity index (χ1) is 11.5.